The van der Waals surface area contributed by atoms with Gasteiger partial charge in [0.05, 0.1) is 11.6 Å². The summed E-state index contributed by atoms with van der Waals surface area (Å²) in [4.78, 5) is 31.3. The standard InChI is InChI=1S/C19H25N5O3/c1-19(2,27-4)18(26)20-11-13-9-10-24(13)17(25)15-8-6-5-7-14(15)16-21-12-22-23(16)3/h5-8,12-13H,9-11H2,1-4H3,(H,20,26). The second-order valence-corrected chi connectivity index (χ2v) is 7.12. The quantitative estimate of drug-likeness (QED) is 0.825. The molecular weight excluding hydrogens is 346 g/mol. The molecule has 3 rings (SSSR count). The highest BCUT2D eigenvalue weighted by Crippen LogP contribution is 2.26. The topological polar surface area (TPSA) is 89.3 Å². The van der Waals surface area contributed by atoms with E-state index in [-0.39, 0.29) is 17.9 Å². The summed E-state index contributed by atoms with van der Waals surface area (Å²) in [6.07, 6.45) is 2.32. The van der Waals surface area contributed by atoms with Gasteiger partial charge in [-0.15, -0.1) is 0 Å². The minimum atomic E-state index is -0.892. The minimum Gasteiger partial charge on any atom is -0.369 e. The van der Waals surface area contributed by atoms with E-state index in [1.807, 2.05) is 18.2 Å². The van der Waals surface area contributed by atoms with Gasteiger partial charge in [0, 0.05) is 32.8 Å². The molecule has 2 heterocycles. The summed E-state index contributed by atoms with van der Waals surface area (Å²) in [6.45, 7) is 4.50. The number of methoxy groups -OCH3 is 1. The number of likely N-dealkylation sites (tertiary alicyclic amines) is 1. The van der Waals surface area contributed by atoms with Crippen molar-refractivity contribution in [2.75, 3.05) is 20.2 Å². The zero-order valence-corrected chi connectivity index (χ0v) is 16.1. The smallest absolute Gasteiger partial charge is 0.254 e. The lowest BCUT2D eigenvalue weighted by Gasteiger charge is -2.41. The van der Waals surface area contributed by atoms with Gasteiger partial charge in [0.15, 0.2) is 5.82 Å². The van der Waals surface area contributed by atoms with E-state index in [0.29, 0.717) is 24.5 Å². The molecule has 0 saturated carbocycles. The summed E-state index contributed by atoms with van der Waals surface area (Å²) in [7, 11) is 3.30. The van der Waals surface area contributed by atoms with E-state index in [4.69, 9.17) is 4.74 Å². The largest absolute Gasteiger partial charge is 0.369 e. The molecule has 0 aliphatic carbocycles. The summed E-state index contributed by atoms with van der Waals surface area (Å²) >= 11 is 0. The van der Waals surface area contributed by atoms with Crippen molar-refractivity contribution < 1.29 is 14.3 Å². The maximum Gasteiger partial charge on any atom is 0.254 e. The van der Waals surface area contributed by atoms with Crippen molar-refractivity contribution in [2.24, 2.45) is 7.05 Å². The fraction of sp³-hybridized carbons (Fsp3) is 0.474. The molecule has 1 aromatic carbocycles. The molecule has 2 aromatic rings. The van der Waals surface area contributed by atoms with E-state index in [2.05, 4.69) is 15.4 Å². The number of amides is 2. The molecule has 0 spiro atoms. The molecule has 1 saturated heterocycles. The van der Waals surface area contributed by atoms with Gasteiger partial charge in [-0.2, -0.15) is 5.10 Å². The van der Waals surface area contributed by atoms with Crippen molar-refractivity contribution in [3.63, 3.8) is 0 Å². The Bertz CT molecular complexity index is 845. The molecule has 27 heavy (non-hydrogen) atoms. The average molecular weight is 371 g/mol. The fourth-order valence-electron chi connectivity index (χ4n) is 3.00. The van der Waals surface area contributed by atoms with Crippen LogP contribution >= 0.6 is 0 Å². The lowest BCUT2D eigenvalue weighted by Crippen LogP contribution is -2.57. The highest BCUT2D eigenvalue weighted by atomic mass is 16.5. The first-order valence-electron chi connectivity index (χ1n) is 8.93. The maximum absolute atomic E-state index is 13.1. The van der Waals surface area contributed by atoms with Crippen LogP contribution in [0.4, 0.5) is 0 Å². The van der Waals surface area contributed by atoms with Crippen LogP contribution in [-0.4, -0.2) is 63.3 Å². The van der Waals surface area contributed by atoms with Gasteiger partial charge in [0.2, 0.25) is 0 Å². The highest BCUT2D eigenvalue weighted by molar-refractivity contribution is 6.00. The zero-order valence-electron chi connectivity index (χ0n) is 16.1. The van der Waals surface area contributed by atoms with Crippen molar-refractivity contribution in [2.45, 2.75) is 31.9 Å². The fourth-order valence-corrected chi connectivity index (χ4v) is 3.00. The summed E-state index contributed by atoms with van der Waals surface area (Å²) in [6, 6.07) is 7.36. The number of hydrogen-bond donors (Lipinski definition) is 1. The van der Waals surface area contributed by atoms with Crippen LogP contribution in [0.3, 0.4) is 0 Å². The number of rotatable bonds is 6. The maximum atomic E-state index is 13.1. The van der Waals surface area contributed by atoms with Crippen molar-refractivity contribution in [1.82, 2.24) is 25.0 Å². The first-order valence-corrected chi connectivity index (χ1v) is 8.93. The summed E-state index contributed by atoms with van der Waals surface area (Å²) in [5, 5.41) is 6.97. The monoisotopic (exact) mass is 371 g/mol. The Balaban J connectivity index is 1.72. The van der Waals surface area contributed by atoms with Crippen LogP contribution < -0.4 is 5.32 Å². The van der Waals surface area contributed by atoms with Crippen LogP contribution in [0.2, 0.25) is 0 Å². The number of hydrogen-bond acceptors (Lipinski definition) is 5. The van der Waals surface area contributed by atoms with Gasteiger partial charge in [0.1, 0.15) is 11.9 Å². The SMILES string of the molecule is COC(C)(C)C(=O)NCC1CCN1C(=O)c1ccccc1-c1ncnn1C. The number of carbonyl (C=O) groups excluding carboxylic acids is 2. The molecule has 1 unspecified atom stereocenters. The van der Waals surface area contributed by atoms with Crippen LogP contribution in [-0.2, 0) is 16.6 Å². The van der Waals surface area contributed by atoms with E-state index >= 15 is 0 Å². The van der Waals surface area contributed by atoms with Crippen molar-refractivity contribution in [3.8, 4) is 11.4 Å². The molecule has 1 fully saturated rings. The lowest BCUT2D eigenvalue weighted by molar-refractivity contribution is -0.139. The van der Waals surface area contributed by atoms with E-state index in [1.165, 1.54) is 13.4 Å². The molecule has 1 aliphatic heterocycles. The normalized spacial score (nSPS) is 16.7. The molecule has 0 bridgehead atoms. The number of benzene rings is 1. The van der Waals surface area contributed by atoms with Crippen LogP contribution in [0.5, 0.6) is 0 Å². The van der Waals surface area contributed by atoms with E-state index < -0.39 is 5.60 Å². The molecule has 2 amide bonds. The molecule has 1 aliphatic rings. The van der Waals surface area contributed by atoms with Crippen LogP contribution in [0, 0.1) is 0 Å². The molecule has 1 atom stereocenters. The third-order valence-electron chi connectivity index (χ3n) is 5.07. The molecule has 0 radical (unpaired) electrons. The number of aryl methyl sites for hydroxylation is 1. The van der Waals surface area contributed by atoms with Crippen molar-refractivity contribution in [1.29, 1.82) is 0 Å². The molecular formula is C19H25N5O3. The van der Waals surface area contributed by atoms with Crippen molar-refractivity contribution in [3.05, 3.63) is 36.2 Å². The third-order valence-corrected chi connectivity index (χ3v) is 5.07. The molecule has 1 aromatic heterocycles. The number of nitrogens with zero attached hydrogens (tertiary/aromatic N) is 4. The first-order chi connectivity index (χ1) is 12.8. The Morgan fingerprint density at radius 1 is 1.33 bits per heavy atom. The lowest BCUT2D eigenvalue weighted by atomic mass is 9.98. The van der Waals surface area contributed by atoms with Gasteiger partial charge < -0.3 is 15.0 Å². The summed E-state index contributed by atoms with van der Waals surface area (Å²) in [5.41, 5.74) is 0.440. The summed E-state index contributed by atoms with van der Waals surface area (Å²) < 4.78 is 6.83. The molecule has 8 heteroatoms. The average Bonchev–Trinajstić information content (AvgIpc) is 3.06. The number of carbonyl (C=O) groups is 2. The Morgan fingerprint density at radius 3 is 2.67 bits per heavy atom. The van der Waals surface area contributed by atoms with Gasteiger partial charge in [0.25, 0.3) is 11.8 Å². The predicted octanol–water partition coefficient (Wildman–Crippen LogP) is 1.24. The molecule has 8 nitrogen and oxygen atoms in total. The second-order valence-electron chi connectivity index (χ2n) is 7.12. The van der Waals surface area contributed by atoms with Gasteiger partial charge in [-0.3, -0.25) is 9.59 Å². The van der Waals surface area contributed by atoms with Crippen LogP contribution in [0.25, 0.3) is 11.4 Å². The van der Waals surface area contributed by atoms with Gasteiger partial charge in [-0.25, -0.2) is 9.67 Å². The van der Waals surface area contributed by atoms with Crippen LogP contribution in [0.15, 0.2) is 30.6 Å². The summed E-state index contributed by atoms with van der Waals surface area (Å²) in [5.74, 6) is 0.389. The zero-order chi connectivity index (χ0) is 19.6. The minimum absolute atomic E-state index is 0.0262. The first kappa shape index (κ1) is 19.0. The molecule has 144 valence electrons. The highest BCUT2D eigenvalue weighted by Gasteiger charge is 2.35. The number of nitrogens with one attached hydrogen (secondary N) is 1. The second kappa shape index (κ2) is 7.48. The van der Waals surface area contributed by atoms with E-state index in [1.54, 1.807) is 36.5 Å². The van der Waals surface area contributed by atoms with E-state index in [9.17, 15) is 9.59 Å². The predicted molar refractivity (Wildman–Crippen MR) is 100.0 cm³/mol. The van der Waals surface area contributed by atoms with Gasteiger partial charge >= 0.3 is 0 Å². The number of ether oxygens (including phenoxy) is 1. The van der Waals surface area contributed by atoms with Gasteiger partial charge in [-0.05, 0) is 26.3 Å². The third kappa shape index (κ3) is 3.71. The Morgan fingerprint density at radius 2 is 2.07 bits per heavy atom. The van der Waals surface area contributed by atoms with Crippen molar-refractivity contribution >= 4 is 11.8 Å². The van der Waals surface area contributed by atoms with Gasteiger partial charge in [-0.1, -0.05) is 18.2 Å². The molecule has 1 N–H and O–H groups in total. The Kier molecular flexibility index (Phi) is 5.27. The van der Waals surface area contributed by atoms with E-state index in [0.717, 1.165) is 12.0 Å². The Hall–Kier alpha value is -2.74. The number of aromatic nitrogens is 3. The Labute approximate surface area is 158 Å². The van der Waals surface area contributed by atoms with Crippen LogP contribution in [0.1, 0.15) is 30.6 Å².